The maximum atomic E-state index is 6.22. The Kier molecular flexibility index (Phi) is 3.11. The molecule has 2 heterocycles. The van der Waals surface area contributed by atoms with E-state index in [0.717, 1.165) is 34.8 Å². The predicted molar refractivity (Wildman–Crippen MR) is 78.2 cm³/mol. The summed E-state index contributed by atoms with van der Waals surface area (Å²) in [6.07, 6.45) is 3.13. The molecule has 0 saturated heterocycles. The summed E-state index contributed by atoms with van der Waals surface area (Å²) < 4.78 is 1.98. The summed E-state index contributed by atoms with van der Waals surface area (Å²) in [7, 11) is 0. The standard InChI is InChI=1S/C15H18ClN3/c1-9-6-12(7-10(2)15(9)16)19-8-13-11(3)17-5-4-14(13)18-19/h6-8,11,17H,4-5H2,1-3H3/t11-/m0/s1. The lowest BCUT2D eigenvalue weighted by Gasteiger charge is -2.18. The topological polar surface area (TPSA) is 29.9 Å². The molecule has 1 N–H and O–H groups in total. The van der Waals surface area contributed by atoms with Gasteiger partial charge >= 0.3 is 0 Å². The largest absolute Gasteiger partial charge is 0.310 e. The van der Waals surface area contributed by atoms with Crippen molar-refractivity contribution in [1.82, 2.24) is 15.1 Å². The summed E-state index contributed by atoms with van der Waals surface area (Å²) in [4.78, 5) is 0. The zero-order valence-corrected chi connectivity index (χ0v) is 12.3. The molecule has 2 aromatic rings. The SMILES string of the molecule is Cc1cc(-n2cc3c(n2)CCN[C@H]3C)cc(C)c1Cl. The van der Waals surface area contributed by atoms with Gasteiger partial charge in [-0.1, -0.05) is 11.6 Å². The van der Waals surface area contributed by atoms with Gasteiger partial charge in [0, 0.05) is 35.8 Å². The van der Waals surface area contributed by atoms with Crippen molar-refractivity contribution in [3.05, 3.63) is 45.7 Å². The maximum Gasteiger partial charge on any atom is 0.0689 e. The van der Waals surface area contributed by atoms with Crippen LogP contribution in [0.2, 0.25) is 5.02 Å². The highest BCUT2D eigenvalue weighted by Crippen LogP contribution is 2.26. The second-order valence-electron chi connectivity index (χ2n) is 5.30. The highest BCUT2D eigenvalue weighted by molar-refractivity contribution is 6.32. The molecule has 0 spiro atoms. The van der Waals surface area contributed by atoms with Gasteiger partial charge in [0.2, 0.25) is 0 Å². The molecule has 0 radical (unpaired) electrons. The smallest absolute Gasteiger partial charge is 0.0689 e. The fourth-order valence-corrected chi connectivity index (χ4v) is 2.79. The van der Waals surface area contributed by atoms with E-state index in [1.807, 2.05) is 18.5 Å². The monoisotopic (exact) mass is 275 g/mol. The van der Waals surface area contributed by atoms with Gasteiger partial charge in [0.1, 0.15) is 0 Å². The molecular weight excluding hydrogens is 258 g/mol. The molecule has 3 rings (SSSR count). The Morgan fingerprint density at radius 1 is 1.32 bits per heavy atom. The number of nitrogens with zero attached hydrogens (tertiary/aromatic N) is 2. The van der Waals surface area contributed by atoms with Gasteiger partial charge in [0.25, 0.3) is 0 Å². The van der Waals surface area contributed by atoms with Crippen molar-refractivity contribution >= 4 is 11.6 Å². The summed E-state index contributed by atoms with van der Waals surface area (Å²) in [5.74, 6) is 0. The minimum Gasteiger partial charge on any atom is -0.310 e. The zero-order chi connectivity index (χ0) is 13.6. The number of fused-ring (bicyclic) bond motifs is 1. The number of hydrogen-bond donors (Lipinski definition) is 1. The van der Waals surface area contributed by atoms with Crippen LogP contribution in [0.1, 0.15) is 35.3 Å². The molecule has 4 heteroatoms. The molecule has 1 aliphatic rings. The molecule has 1 aromatic heterocycles. The van der Waals surface area contributed by atoms with Crippen molar-refractivity contribution in [1.29, 1.82) is 0 Å². The first kappa shape index (κ1) is 12.7. The first-order chi connectivity index (χ1) is 9.06. The predicted octanol–water partition coefficient (Wildman–Crippen LogP) is 3.35. The molecule has 0 amide bonds. The lowest BCUT2D eigenvalue weighted by molar-refractivity contribution is 0.537. The summed E-state index contributed by atoms with van der Waals surface area (Å²) in [5.41, 5.74) is 5.78. The van der Waals surface area contributed by atoms with Crippen LogP contribution < -0.4 is 5.32 Å². The summed E-state index contributed by atoms with van der Waals surface area (Å²) in [6, 6.07) is 4.56. The van der Waals surface area contributed by atoms with Crippen LogP contribution in [0.4, 0.5) is 0 Å². The molecule has 1 atom stereocenters. The number of nitrogens with one attached hydrogen (secondary N) is 1. The minimum absolute atomic E-state index is 0.381. The van der Waals surface area contributed by atoms with Crippen molar-refractivity contribution in [2.75, 3.05) is 6.54 Å². The van der Waals surface area contributed by atoms with Crippen LogP contribution in [0.25, 0.3) is 5.69 Å². The Hall–Kier alpha value is -1.32. The Balaban J connectivity index is 2.08. The highest BCUT2D eigenvalue weighted by atomic mass is 35.5. The van der Waals surface area contributed by atoms with Crippen LogP contribution in [-0.4, -0.2) is 16.3 Å². The van der Waals surface area contributed by atoms with Crippen molar-refractivity contribution < 1.29 is 0 Å². The van der Waals surface area contributed by atoms with Crippen LogP contribution in [-0.2, 0) is 6.42 Å². The molecule has 1 aliphatic heterocycles. The minimum atomic E-state index is 0.381. The van der Waals surface area contributed by atoms with Crippen molar-refractivity contribution in [2.24, 2.45) is 0 Å². The van der Waals surface area contributed by atoms with Crippen LogP contribution in [0.3, 0.4) is 0 Å². The zero-order valence-electron chi connectivity index (χ0n) is 11.5. The van der Waals surface area contributed by atoms with Gasteiger partial charge in [-0.25, -0.2) is 4.68 Å². The van der Waals surface area contributed by atoms with Crippen molar-refractivity contribution in [3.63, 3.8) is 0 Å². The summed E-state index contributed by atoms with van der Waals surface area (Å²) in [6.45, 7) is 7.26. The first-order valence-corrected chi connectivity index (χ1v) is 7.03. The summed E-state index contributed by atoms with van der Waals surface area (Å²) >= 11 is 6.22. The Labute approximate surface area is 118 Å². The molecule has 1 aromatic carbocycles. The van der Waals surface area contributed by atoms with Crippen molar-refractivity contribution in [3.8, 4) is 5.69 Å². The highest BCUT2D eigenvalue weighted by Gasteiger charge is 2.20. The van der Waals surface area contributed by atoms with Crippen LogP contribution >= 0.6 is 11.6 Å². The molecule has 0 bridgehead atoms. The molecule has 19 heavy (non-hydrogen) atoms. The Morgan fingerprint density at radius 3 is 2.63 bits per heavy atom. The van der Waals surface area contributed by atoms with E-state index in [4.69, 9.17) is 16.7 Å². The van der Waals surface area contributed by atoms with E-state index < -0.39 is 0 Å². The lowest BCUT2D eigenvalue weighted by atomic mass is 10.0. The number of hydrogen-bond acceptors (Lipinski definition) is 2. The van der Waals surface area contributed by atoms with Gasteiger partial charge in [0.15, 0.2) is 0 Å². The fraction of sp³-hybridized carbons (Fsp3) is 0.400. The van der Waals surface area contributed by atoms with E-state index in [1.165, 1.54) is 11.3 Å². The molecule has 0 saturated carbocycles. The van der Waals surface area contributed by atoms with E-state index >= 15 is 0 Å². The molecule has 100 valence electrons. The Bertz CT molecular complexity index is 607. The van der Waals surface area contributed by atoms with Crippen LogP contribution in [0, 0.1) is 13.8 Å². The summed E-state index contributed by atoms with van der Waals surface area (Å²) in [5, 5.41) is 9.02. The van der Waals surface area contributed by atoms with Gasteiger partial charge < -0.3 is 5.32 Å². The molecule has 0 aliphatic carbocycles. The quantitative estimate of drug-likeness (QED) is 0.865. The molecule has 3 nitrogen and oxygen atoms in total. The average molecular weight is 276 g/mol. The number of benzene rings is 1. The van der Waals surface area contributed by atoms with Gasteiger partial charge in [0.05, 0.1) is 11.4 Å². The van der Waals surface area contributed by atoms with E-state index in [1.54, 1.807) is 0 Å². The van der Waals surface area contributed by atoms with E-state index in [9.17, 15) is 0 Å². The Morgan fingerprint density at radius 2 is 2.00 bits per heavy atom. The third-order valence-corrected chi connectivity index (χ3v) is 4.38. The van der Waals surface area contributed by atoms with E-state index in [-0.39, 0.29) is 0 Å². The van der Waals surface area contributed by atoms with Crippen LogP contribution in [0.15, 0.2) is 18.3 Å². The molecule has 0 fully saturated rings. The van der Waals surface area contributed by atoms with Gasteiger partial charge in [-0.15, -0.1) is 0 Å². The number of aromatic nitrogens is 2. The third kappa shape index (κ3) is 2.17. The first-order valence-electron chi connectivity index (χ1n) is 6.65. The third-order valence-electron chi connectivity index (χ3n) is 3.79. The molecular formula is C15H18ClN3. The second kappa shape index (κ2) is 4.66. The second-order valence-corrected chi connectivity index (χ2v) is 5.67. The number of rotatable bonds is 1. The van der Waals surface area contributed by atoms with Crippen LogP contribution in [0.5, 0.6) is 0 Å². The number of halogens is 1. The lowest BCUT2D eigenvalue weighted by Crippen LogP contribution is -2.26. The number of aryl methyl sites for hydroxylation is 2. The van der Waals surface area contributed by atoms with Gasteiger partial charge in [-0.3, -0.25) is 0 Å². The average Bonchev–Trinajstić information content (AvgIpc) is 2.81. The van der Waals surface area contributed by atoms with Gasteiger partial charge in [-0.2, -0.15) is 5.10 Å². The van der Waals surface area contributed by atoms with E-state index in [2.05, 4.69) is 30.6 Å². The van der Waals surface area contributed by atoms with Gasteiger partial charge in [-0.05, 0) is 44.0 Å². The molecule has 0 unspecified atom stereocenters. The van der Waals surface area contributed by atoms with E-state index in [0.29, 0.717) is 6.04 Å². The maximum absolute atomic E-state index is 6.22. The van der Waals surface area contributed by atoms with Crippen molar-refractivity contribution in [2.45, 2.75) is 33.2 Å². The normalized spacial score (nSPS) is 18.4. The fourth-order valence-electron chi connectivity index (χ4n) is 2.68.